The number of amides is 1. The van der Waals surface area contributed by atoms with Crippen molar-refractivity contribution >= 4 is 21.8 Å². The molecule has 1 atom stereocenters. The Balaban J connectivity index is 1.59. The molecule has 92 valence electrons. The fraction of sp³-hybridized carbons (Fsp3) is 0.214. The molecule has 1 heterocycles. The summed E-state index contributed by atoms with van der Waals surface area (Å²) in [5.41, 5.74) is 2.73. The topological polar surface area (TPSA) is 42.2 Å². The van der Waals surface area contributed by atoms with E-state index in [1.807, 2.05) is 12.1 Å². The lowest BCUT2D eigenvalue weighted by Crippen LogP contribution is -2.32. The number of halogens is 1. The Morgan fingerprint density at radius 3 is 2.89 bits per heavy atom. The van der Waals surface area contributed by atoms with Gasteiger partial charge >= 0.3 is 0 Å². The summed E-state index contributed by atoms with van der Waals surface area (Å²) in [4.78, 5) is 11.8. The highest BCUT2D eigenvalue weighted by molar-refractivity contribution is 9.10. The van der Waals surface area contributed by atoms with Gasteiger partial charge in [0, 0.05) is 12.5 Å². The van der Waals surface area contributed by atoms with E-state index >= 15 is 0 Å². The average molecular weight is 306 g/mol. The highest BCUT2D eigenvalue weighted by Gasteiger charge is 2.25. The van der Waals surface area contributed by atoms with Crippen LogP contribution in [-0.4, -0.2) is 12.5 Å². The minimum atomic E-state index is -0.162. The van der Waals surface area contributed by atoms with Crippen LogP contribution in [0.25, 0.3) is 0 Å². The number of rotatable bonds is 3. The van der Waals surface area contributed by atoms with E-state index in [0.717, 1.165) is 6.42 Å². The summed E-state index contributed by atoms with van der Waals surface area (Å²) >= 11 is 3.18. The summed E-state index contributed by atoms with van der Waals surface area (Å²) in [6.45, 7) is 0.661. The highest BCUT2D eigenvalue weighted by atomic mass is 79.9. The molecule has 18 heavy (non-hydrogen) atoms. The van der Waals surface area contributed by atoms with Crippen molar-refractivity contribution in [2.75, 3.05) is 6.54 Å². The standard InChI is InChI=1S/C14H12BrNO2/c15-13-6-5-12(18-13)14(17)16-8-10-7-9-3-1-2-4-11(9)10/h1-6,10H,7-8H2,(H,16,17). The maximum absolute atomic E-state index is 11.8. The third-order valence-electron chi connectivity index (χ3n) is 3.27. The van der Waals surface area contributed by atoms with Crippen LogP contribution in [0.3, 0.4) is 0 Å². The molecule has 1 amide bonds. The normalized spacial score (nSPS) is 16.8. The predicted octanol–water partition coefficient (Wildman–Crippen LogP) is 3.11. The van der Waals surface area contributed by atoms with E-state index in [-0.39, 0.29) is 5.91 Å². The molecule has 1 N–H and O–H groups in total. The molecule has 0 aliphatic heterocycles. The number of furan rings is 1. The van der Waals surface area contributed by atoms with Gasteiger partial charge in [-0.2, -0.15) is 0 Å². The van der Waals surface area contributed by atoms with Crippen molar-refractivity contribution in [3.8, 4) is 0 Å². The Morgan fingerprint density at radius 2 is 2.17 bits per heavy atom. The van der Waals surface area contributed by atoms with E-state index < -0.39 is 0 Å². The van der Waals surface area contributed by atoms with Gasteiger partial charge in [-0.3, -0.25) is 4.79 Å². The van der Waals surface area contributed by atoms with Crippen molar-refractivity contribution in [1.82, 2.24) is 5.32 Å². The van der Waals surface area contributed by atoms with E-state index in [2.05, 4.69) is 33.4 Å². The maximum atomic E-state index is 11.8. The summed E-state index contributed by atoms with van der Waals surface area (Å²) in [5.74, 6) is 0.614. The van der Waals surface area contributed by atoms with Crippen LogP contribution in [0.5, 0.6) is 0 Å². The van der Waals surface area contributed by atoms with Crippen LogP contribution >= 0.6 is 15.9 Å². The van der Waals surface area contributed by atoms with Gasteiger partial charge in [0.05, 0.1) is 0 Å². The molecule has 0 bridgehead atoms. The molecule has 1 unspecified atom stereocenters. The molecule has 2 aromatic rings. The number of carbonyl (C=O) groups is 1. The zero-order chi connectivity index (χ0) is 12.5. The first-order valence-electron chi connectivity index (χ1n) is 5.85. The molecule has 0 saturated heterocycles. The van der Waals surface area contributed by atoms with E-state index in [1.165, 1.54) is 11.1 Å². The number of hydrogen-bond donors (Lipinski definition) is 1. The molecular weight excluding hydrogens is 294 g/mol. The van der Waals surface area contributed by atoms with E-state index in [9.17, 15) is 4.79 Å². The van der Waals surface area contributed by atoms with Gasteiger partial charge < -0.3 is 9.73 Å². The second-order valence-corrected chi connectivity index (χ2v) is 5.20. The summed E-state index contributed by atoms with van der Waals surface area (Å²) < 4.78 is 5.77. The van der Waals surface area contributed by atoms with Crippen molar-refractivity contribution in [3.63, 3.8) is 0 Å². The molecule has 1 aliphatic carbocycles. The van der Waals surface area contributed by atoms with Crippen molar-refractivity contribution in [1.29, 1.82) is 0 Å². The monoisotopic (exact) mass is 305 g/mol. The van der Waals surface area contributed by atoms with Crippen molar-refractivity contribution in [2.45, 2.75) is 12.3 Å². The summed E-state index contributed by atoms with van der Waals surface area (Å²) in [5, 5.41) is 2.90. The lowest BCUT2D eigenvalue weighted by atomic mass is 9.77. The van der Waals surface area contributed by atoms with Crippen LogP contribution < -0.4 is 5.32 Å². The Hall–Kier alpha value is -1.55. The van der Waals surface area contributed by atoms with Gasteiger partial charge in [0.25, 0.3) is 5.91 Å². The molecule has 3 rings (SSSR count). The van der Waals surface area contributed by atoms with Crippen LogP contribution in [0.1, 0.15) is 27.6 Å². The summed E-state index contributed by atoms with van der Waals surface area (Å²) in [6.07, 6.45) is 1.04. The van der Waals surface area contributed by atoms with E-state index in [1.54, 1.807) is 12.1 Å². The summed E-state index contributed by atoms with van der Waals surface area (Å²) in [7, 11) is 0. The molecule has 0 fully saturated rings. The van der Waals surface area contributed by atoms with Crippen LogP contribution in [0.2, 0.25) is 0 Å². The van der Waals surface area contributed by atoms with E-state index in [0.29, 0.717) is 22.9 Å². The predicted molar refractivity (Wildman–Crippen MR) is 71.6 cm³/mol. The smallest absolute Gasteiger partial charge is 0.287 e. The molecule has 1 aromatic heterocycles. The maximum Gasteiger partial charge on any atom is 0.287 e. The molecule has 3 nitrogen and oxygen atoms in total. The molecule has 0 spiro atoms. The van der Waals surface area contributed by atoms with Crippen LogP contribution in [0.15, 0.2) is 45.5 Å². The number of nitrogens with one attached hydrogen (secondary N) is 1. The molecule has 0 radical (unpaired) electrons. The summed E-state index contributed by atoms with van der Waals surface area (Å²) in [6, 6.07) is 11.7. The van der Waals surface area contributed by atoms with Gasteiger partial charge in [-0.1, -0.05) is 24.3 Å². The largest absolute Gasteiger partial charge is 0.444 e. The first-order valence-corrected chi connectivity index (χ1v) is 6.64. The molecule has 1 aromatic carbocycles. The Labute approximate surface area is 113 Å². The SMILES string of the molecule is O=C(NCC1Cc2ccccc21)c1ccc(Br)o1. The van der Waals surface area contributed by atoms with Gasteiger partial charge in [0.15, 0.2) is 10.4 Å². The fourth-order valence-electron chi connectivity index (χ4n) is 2.28. The van der Waals surface area contributed by atoms with Gasteiger partial charge in [0.2, 0.25) is 0 Å². The van der Waals surface area contributed by atoms with Gasteiger partial charge in [-0.15, -0.1) is 0 Å². The second-order valence-electron chi connectivity index (χ2n) is 4.41. The molecular formula is C14H12BrNO2. The third kappa shape index (κ3) is 2.08. The minimum absolute atomic E-state index is 0.162. The zero-order valence-corrected chi connectivity index (χ0v) is 11.2. The lowest BCUT2D eigenvalue weighted by Gasteiger charge is -2.30. The first kappa shape index (κ1) is 11.5. The fourth-order valence-corrected chi connectivity index (χ4v) is 2.59. The van der Waals surface area contributed by atoms with Crippen molar-refractivity contribution in [2.24, 2.45) is 0 Å². The Morgan fingerprint density at radius 1 is 1.33 bits per heavy atom. The highest BCUT2D eigenvalue weighted by Crippen LogP contribution is 2.34. The van der Waals surface area contributed by atoms with Crippen molar-refractivity contribution in [3.05, 3.63) is 58.0 Å². The minimum Gasteiger partial charge on any atom is -0.444 e. The molecule has 0 saturated carbocycles. The Kier molecular flexibility index (Phi) is 2.96. The zero-order valence-electron chi connectivity index (χ0n) is 9.65. The first-order chi connectivity index (χ1) is 8.74. The molecule has 4 heteroatoms. The third-order valence-corrected chi connectivity index (χ3v) is 3.69. The van der Waals surface area contributed by atoms with Crippen molar-refractivity contribution < 1.29 is 9.21 Å². The van der Waals surface area contributed by atoms with Gasteiger partial charge in [0.1, 0.15) is 0 Å². The average Bonchev–Trinajstić information content (AvgIpc) is 2.77. The number of carbonyl (C=O) groups excluding carboxylic acids is 1. The van der Waals surface area contributed by atoms with Gasteiger partial charge in [-0.25, -0.2) is 0 Å². The van der Waals surface area contributed by atoms with Crippen LogP contribution in [0, 0.1) is 0 Å². The van der Waals surface area contributed by atoms with Crippen LogP contribution in [-0.2, 0) is 6.42 Å². The Bertz CT molecular complexity index is 591. The number of hydrogen-bond acceptors (Lipinski definition) is 2. The lowest BCUT2D eigenvalue weighted by molar-refractivity contribution is 0.0921. The van der Waals surface area contributed by atoms with Gasteiger partial charge in [-0.05, 0) is 45.6 Å². The quantitative estimate of drug-likeness (QED) is 0.947. The van der Waals surface area contributed by atoms with Crippen LogP contribution in [0.4, 0.5) is 0 Å². The van der Waals surface area contributed by atoms with E-state index in [4.69, 9.17) is 4.42 Å². The molecule has 1 aliphatic rings. The second kappa shape index (κ2) is 4.61. The number of fused-ring (bicyclic) bond motifs is 1. The number of benzene rings is 1.